The van der Waals surface area contributed by atoms with Gasteiger partial charge in [0.05, 0.1) is 34.2 Å². The summed E-state index contributed by atoms with van der Waals surface area (Å²) in [5.74, 6) is 1.11. The molecule has 9 heteroatoms. The highest BCUT2D eigenvalue weighted by molar-refractivity contribution is 7.17. The van der Waals surface area contributed by atoms with E-state index in [1.807, 2.05) is 35.8 Å². The number of ether oxygens (including phenoxy) is 2. The summed E-state index contributed by atoms with van der Waals surface area (Å²) in [5.41, 5.74) is 6.20. The maximum atomic E-state index is 6.15. The van der Waals surface area contributed by atoms with Crippen LogP contribution in [-0.4, -0.2) is 50.4 Å². The number of piperidine rings is 1. The van der Waals surface area contributed by atoms with E-state index in [4.69, 9.17) is 9.47 Å². The SMILES string of the molecule is COc1cc(-c2ccc(-c3ccc(OC4C[C@H]5CC[C@@H](C4)N5)nn3)c3scnc23)ncn1. The van der Waals surface area contributed by atoms with Crippen molar-refractivity contribution in [3.05, 3.63) is 42.2 Å². The van der Waals surface area contributed by atoms with Gasteiger partial charge in [0.25, 0.3) is 0 Å². The molecule has 5 heterocycles. The molecule has 32 heavy (non-hydrogen) atoms. The normalized spacial score (nSPS) is 22.2. The number of rotatable bonds is 5. The van der Waals surface area contributed by atoms with Crippen LogP contribution in [0.25, 0.3) is 32.7 Å². The lowest BCUT2D eigenvalue weighted by Crippen LogP contribution is -2.42. The minimum atomic E-state index is 0.214. The molecular formula is C23H22N6O2S. The highest BCUT2D eigenvalue weighted by atomic mass is 32.1. The molecule has 4 aromatic rings. The molecule has 2 bridgehead atoms. The Bertz CT molecular complexity index is 1250. The number of aromatic nitrogens is 5. The van der Waals surface area contributed by atoms with Crippen LogP contribution in [0.5, 0.6) is 11.8 Å². The predicted octanol–water partition coefficient (Wildman–Crippen LogP) is 3.88. The van der Waals surface area contributed by atoms with E-state index in [0.29, 0.717) is 23.8 Å². The summed E-state index contributed by atoms with van der Waals surface area (Å²) in [5, 5.41) is 12.5. The Labute approximate surface area is 189 Å². The van der Waals surface area contributed by atoms with Crippen molar-refractivity contribution in [3.8, 4) is 34.3 Å². The summed E-state index contributed by atoms with van der Waals surface area (Å²) in [4.78, 5) is 13.1. The molecule has 0 spiro atoms. The molecule has 1 aromatic carbocycles. The highest BCUT2D eigenvalue weighted by Gasteiger charge is 2.34. The lowest BCUT2D eigenvalue weighted by Gasteiger charge is -2.28. The fraction of sp³-hybridized carbons (Fsp3) is 0.348. The van der Waals surface area contributed by atoms with E-state index in [1.54, 1.807) is 18.4 Å². The van der Waals surface area contributed by atoms with Gasteiger partial charge < -0.3 is 14.8 Å². The van der Waals surface area contributed by atoms with Gasteiger partial charge in [0.15, 0.2) is 0 Å². The first-order valence-corrected chi connectivity index (χ1v) is 11.6. The first-order valence-electron chi connectivity index (χ1n) is 10.8. The molecule has 0 aliphatic carbocycles. The third kappa shape index (κ3) is 3.57. The van der Waals surface area contributed by atoms with Gasteiger partial charge in [-0.3, -0.25) is 0 Å². The second kappa shape index (κ2) is 8.07. The Morgan fingerprint density at radius 2 is 1.75 bits per heavy atom. The number of hydrogen-bond acceptors (Lipinski definition) is 9. The Morgan fingerprint density at radius 1 is 0.906 bits per heavy atom. The number of methoxy groups -OCH3 is 1. The molecule has 3 aromatic heterocycles. The average Bonchev–Trinajstić information content (AvgIpc) is 3.45. The standard InChI is InChI=1S/C23H22N6O2S/c1-30-21-10-19(24-11-25-21)16-4-5-17(23-22(16)26-12-32-23)18-6-7-20(29-28-18)31-15-8-13-2-3-14(9-15)27-13/h4-7,10-15,27H,2-3,8-9H2,1H3/t13-,14+,15?. The van der Waals surface area contributed by atoms with Crippen molar-refractivity contribution in [3.63, 3.8) is 0 Å². The number of hydrogen-bond donors (Lipinski definition) is 1. The van der Waals surface area contributed by atoms with E-state index in [9.17, 15) is 0 Å². The van der Waals surface area contributed by atoms with Gasteiger partial charge in [-0.15, -0.1) is 21.5 Å². The molecule has 8 nitrogen and oxygen atoms in total. The quantitative estimate of drug-likeness (QED) is 0.494. The molecule has 0 radical (unpaired) electrons. The second-order valence-corrected chi connectivity index (χ2v) is 9.10. The van der Waals surface area contributed by atoms with Crippen molar-refractivity contribution in [1.82, 2.24) is 30.5 Å². The van der Waals surface area contributed by atoms with Crippen molar-refractivity contribution < 1.29 is 9.47 Å². The van der Waals surface area contributed by atoms with E-state index >= 15 is 0 Å². The molecule has 0 amide bonds. The van der Waals surface area contributed by atoms with Crippen LogP contribution in [-0.2, 0) is 0 Å². The lowest BCUT2D eigenvalue weighted by atomic mass is 10.0. The molecule has 2 aliphatic rings. The largest absolute Gasteiger partial charge is 0.481 e. The van der Waals surface area contributed by atoms with Crippen LogP contribution >= 0.6 is 11.3 Å². The van der Waals surface area contributed by atoms with Crippen LogP contribution in [0.4, 0.5) is 0 Å². The zero-order chi connectivity index (χ0) is 21.5. The topological polar surface area (TPSA) is 94.9 Å². The molecule has 0 saturated carbocycles. The average molecular weight is 447 g/mol. The van der Waals surface area contributed by atoms with Gasteiger partial charge in [-0.2, -0.15) is 0 Å². The molecule has 2 aliphatic heterocycles. The van der Waals surface area contributed by atoms with Gasteiger partial charge in [0, 0.05) is 35.3 Å². The molecule has 3 atom stereocenters. The van der Waals surface area contributed by atoms with E-state index in [-0.39, 0.29) is 6.10 Å². The molecule has 6 rings (SSSR count). The number of nitrogens with zero attached hydrogens (tertiary/aromatic N) is 5. The highest BCUT2D eigenvalue weighted by Crippen LogP contribution is 2.36. The summed E-state index contributed by atoms with van der Waals surface area (Å²) in [6, 6.07) is 10.9. The number of nitrogens with one attached hydrogen (secondary N) is 1. The van der Waals surface area contributed by atoms with E-state index in [0.717, 1.165) is 45.6 Å². The number of benzene rings is 1. The monoisotopic (exact) mass is 446 g/mol. The third-order valence-corrected chi connectivity index (χ3v) is 7.10. The van der Waals surface area contributed by atoms with Gasteiger partial charge >= 0.3 is 0 Å². The number of fused-ring (bicyclic) bond motifs is 3. The van der Waals surface area contributed by atoms with E-state index in [2.05, 4.69) is 30.5 Å². The van der Waals surface area contributed by atoms with Crippen LogP contribution in [0.1, 0.15) is 25.7 Å². The van der Waals surface area contributed by atoms with Crippen LogP contribution < -0.4 is 14.8 Å². The van der Waals surface area contributed by atoms with Crippen molar-refractivity contribution in [2.24, 2.45) is 0 Å². The Hall–Kier alpha value is -3.17. The molecule has 2 saturated heterocycles. The van der Waals surface area contributed by atoms with Gasteiger partial charge in [-0.05, 0) is 37.8 Å². The molecule has 2 fully saturated rings. The van der Waals surface area contributed by atoms with E-state index in [1.165, 1.54) is 19.2 Å². The Balaban J connectivity index is 1.28. The molecule has 1 unspecified atom stereocenters. The minimum Gasteiger partial charge on any atom is -0.481 e. The smallest absolute Gasteiger partial charge is 0.233 e. The summed E-state index contributed by atoms with van der Waals surface area (Å²) in [6.45, 7) is 0. The first kappa shape index (κ1) is 19.5. The van der Waals surface area contributed by atoms with Gasteiger partial charge in [-0.25, -0.2) is 15.0 Å². The van der Waals surface area contributed by atoms with Crippen molar-refractivity contribution in [2.45, 2.75) is 43.9 Å². The van der Waals surface area contributed by atoms with Crippen LogP contribution in [0.3, 0.4) is 0 Å². The molecule has 1 N–H and O–H groups in total. The maximum absolute atomic E-state index is 6.15. The zero-order valence-corrected chi connectivity index (χ0v) is 18.4. The van der Waals surface area contributed by atoms with Crippen LogP contribution in [0, 0.1) is 0 Å². The maximum Gasteiger partial charge on any atom is 0.233 e. The van der Waals surface area contributed by atoms with Crippen molar-refractivity contribution >= 4 is 21.6 Å². The van der Waals surface area contributed by atoms with Gasteiger partial charge in [-0.1, -0.05) is 6.07 Å². The lowest BCUT2D eigenvalue weighted by molar-refractivity contribution is 0.130. The summed E-state index contributed by atoms with van der Waals surface area (Å²) < 4.78 is 12.4. The second-order valence-electron chi connectivity index (χ2n) is 8.24. The van der Waals surface area contributed by atoms with Crippen molar-refractivity contribution in [2.75, 3.05) is 7.11 Å². The van der Waals surface area contributed by atoms with E-state index < -0.39 is 0 Å². The zero-order valence-electron chi connectivity index (χ0n) is 17.6. The fourth-order valence-electron chi connectivity index (χ4n) is 4.76. The molecular weight excluding hydrogens is 424 g/mol. The third-order valence-electron chi connectivity index (χ3n) is 6.24. The minimum absolute atomic E-state index is 0.214. The predicted molar refractivity (Wildman–Crippen MR) is 122 cm³/mol. The fourth-order valence-corrected chi connectivity index (χ4v) is 5.59. The summed E-state index contributed by atoms with van der Waals surface area (Å²) >= 11 is 1.58. The summed E-state index contributed by atoms with van der Waals surface area (Å²) in [6.07, 6.45) is 6.28. The first-order chi connectivity index (χ1) is 15.8. The molecule has 162 valence electrons. The Kier molecular flexibility index (Phi) is 4.92. The Morgan fingerprint density at radius 3 is 2.53 bits per heavy atom. The van der Waals surface area contributed by atoms with Gasteiger partial charge in [0.1, 0.15) is 12.4 Å². The van der Waals surface area contributed by atoms with Crippen LogP contribution in [0.15, 0.2) is 42.2 Å². The van der Waals surface area contributed by atoms with Gasteiger partial charge in [0.2, 0.25) is 11.8 Å². The van der Waals surface area contributed by atoms with Crippen LogP contribution in [0.2, 0.25) is 0 Å². The van der Waals surface area contributed by atoms with Crippen molar-refractivity contribution in [1.29, 1.82) is 0 Å². The summed E-state index contributed by atoms with van der Waals surface area (Å²) in [7, 11) is 1.59. The number of thiazole rings is 1.